The summed E-state index contributed by atoms with van der Waals surface area (Å²) in [6.07, 6.45) is 2.05. The van der Waals surface area contributed by atoms with Gasteiger partial charge in [0, 0.05) is 157 Å². The van der Waals surface area contributed by atoms with Gasteiger partial charge in [0.05, 0.1) is 87.0 Å². The first-order valence-electron chi connectivity index (χ1n) is 42.5. The number of benzene rings is 6. The minimum Gasteiger partial charge on any atom is -0.494 e. The molecule has 0 saturated carbocycles. The highest BCUT2D eigenvalue weighted by Crippen LogP contribution is 2.43. The van der Waals surface area contributed by atoms with Gasteiger partial charge in [-0.3, -0.25) is 9.78 Å². The Kier molecular flexibility index (Phi) is 27.8. The Morgan fingerprint density at radius 2 is 0.797 bits per heavy atom. The van der Waals surface area contributed by atoms with Gasteiger partial charge in [-0.05, 0) is 225 Å². The largest absolute Gasteiger partial charge is 0.494 e. The molecule has 16 rings (SSSR count). The summed E-state index contributed by atoms with van der Waals surface area (Å²) in [5.41, 5.74) is 20.0. The molecule has 1 unspecified atom stereocenters. The fraction of sp³-hybridized carbons (Fsp3) is 0.347. The van der Waals surface area contributed by atoms with E-state index >= 15 is 0 Å². The molecule has 640 valence electrons. The van der Waals surface area contributed by atoms with Crippen LogP contribution in [0.3, 0.4) is 0 Å². The van der Waals surface area contributed by atoms with Crippen LogP contribution in [0.25, 0.3) is 76.6 Å². The van der Waals surface area contributed by atoms with Crippen LogP contribution < -0.4 is 49.3 Å². The molecule has 15 aromatic rings. The molecule has 1 atom stereocenters. The maximum absolute atomic E-state index is 11.1. The van der Waals surface area contributed by atoms with Crippen LogP contribution in [0.5, 0.6) is 34.5 Å². The second-order valence-corrected chi connectivity index (χ2v) is 31.1. The first-order valence-corrected chi connectivity index (χ1v) is 42.5. The Labute approximate surface area is 721 Å². The minimum atomic E-state index is 0.595. The highest BCUT2D eigenvalue weighted by Gasteiger charge is 2.29. The molecule has 0 spiro atoms. The van der Waals surface area contributed by atoms with Gasteiger partial charge >= 0.3 is 0 Å². The van der Waals surface area contributed by atoms with Gasteiger partial charge in [0.15, 0.2) is 23.3 Å². The van der Waals surface area contributed by atoms with Crippen molar-refractivity contribution in [3.63, 3.8) is 0 Å². The topological polar surface area (TPSA) is 251 Å². The predicted octanol–water partition coefficient (Wildman–Crippen LogP) is 19.8. The summed E-state index contributed by atoms with van der Waals surface area (Å²) in [5.74, 6) is 8.75. The highest BCUT2D eigenvalue weighted by molar-refractivity contribution is 6.02. The van der Waals surface area contributed by atoms with E-state index in [0.717, 1.165) is 219 Å². The Morgan fingerprint density at radius 3 is 1.26 bits per heavy atom. The number of hydrogen-bond donors (Lipinski definition) is 3. The molecule has 6 aromatic carbocycles. The van der Waals surface area contributed by atoms with E-state index in [4.69, 9.17) is 28.4 Å². The zero-order chi connectivity index (χ0) is 87.4. The number of carbonyl (C=O) groups excluding carboxylic acids is 1. The molecule has 1 amide bonds. The van der Waals surface area contributed by atoms with Gasteiger partial charge < -0.3 is 72.4 Å². The number of fused-ring (bicyclic) bond motifs is 5. The van der Waals surface area contributed by atoms with E-state index in [9.17, 15) is 4.79 Å². The first-order chi connectivity index (χ1) is 59.5. The molecule has 1 fully saturated rings. The summed E-state index contributed by atoms with van der Waals surface area (Å²) in [6, 6.07) is 49.2. The van der Waals surface area contributed by atoms with Gasteiger partial charge in [0.1, 0.15) is 34.5 Å². The number of rotatable bonds is 26. The quantitative estimate of drug-likeness (QED) is 0.0426. The number of hydrogen-bond acceptors (Lipinski definition) is 20. The molecule has 25 heteroatoms. The monoisotopic (exact) mass is 1660 g/mol. The number of pyridine rings is 1. The number of ether oxygens (including phenoxy) is 6. The van der Waals surface area contributed by atoms with Crippen molar-refractivity contribution in [1.82, 2.24) is 68.9 Å². The van der Waals surface area contributed by atoms with Crippen molar-refractivity contribution in [2.24, 2.45) is 5.92 Å². The second kappa shape index (κ2) is 39.0. The van der Waals surface area contributed by atoms with E-state index in [1.165, 1.54) is 33.1 Å². The number of anilines is 4. The number of methoxy groups -OCH3 is 2. The zero-order valence-corrected chi connectivity index (χ0v) is 75.1. The third-order valence-corrected chi connectivity index (χ3v) is 23.2. The van der Waals surface area contributed by atoms with Crippen molar-refractivity contribution in [3.05, 3.63) is 231 Å². The molecular weight excluding hydrogens is 1540 g/mol. The van der Waals surface area contributed by atoms with Gasteiger partial charge in [0.2, 0.25) is 6.41 Å². The van der Waals surface area contributed by atoms with Crippen molar-refractivity contribution in [2.45, 2.75) is 151 Å². The van der Waals surface area contributed by atoms with Gasteiger partial charge in [-0.2, -0.15) is 20.4 Å². The number of amides is 1. The number of carbonyl (C=O) groups is 1. The van der Waals surface area contributed by atoms with Gasteiger partial charge in [-0.15, -0.1) is 20.4 Å². The van der Waals surface area contributed by atoms with E-state index in [0.29, 0.717) is 58.5 Å². The van der Waals surface area contributed by atoms with Gasteiger partial charge in [-0.25, -0.2) is 0 Å². The Balaban J connectivity index is 0.000000142. The van der Waals surface area contributed by atoms with Crippen molar-refractivity contribution in [1.29, 1.82) is 0 Å². The fourth-order valence-electron chi connectivity index (χ4n) is 17.1. The molecule has 0 radical (unpaired) electrons. The molecule has 0 aliphatic carbocycles. The number of nitrogens with one attached hydrogen (secondary N) is 3. The molecule has 10 heterocycles. The standard InChI is InChI=1S/C29H30N4O2.C24H27N5O.C23H29N5O3.C22H30N4O/c1-6-35-23-14-15-25(26(16-23)34-5)33-19(3)27-18(2)31-32-29(28(27)20(33)4)30-17-22-12-9-11-21-10-7-8-13-24(21)22;1-6-30-21-12-10-20(11-13-21)29-17(4)22-16(3)27-28-24(23(22)18(29)5)25-14-19-9-7-8-15(2)26-19;1-6-31-18-7-8-19(20(13-18)30-5)28-16(3)21-15(2)24-25-23(22(21)17(28)4)27-11-9-26(14-29)10-12-27;1-7-14(3)13-23-22-21-17(6)26(16(5)20(21)15(4)24-25-22)18-9-11-19(12-10-18)27-8-2/h7-16H,6,17H2,1-5H3,(H,30,32);7-13H,6,14H2,1-5H3,(H,25,28);7-8,13-14H,6,9-12H2,1-5H3;9-12,14H,7-8,13H2,1-6H3,(H,23,25). The van der Waals surface area contributed by atoms with Crippen LogP contribution in [-0.4, -0.2) is 149 Å². The van der Waals surface area contributed by atoms with Crippen LogP contribution in [-0.2, 0) is 17.9 Å². The molecule has 1 aliphatic heterocycles. The smallest absolute Gasteiger partial charge is 0.209 e. The molecule has 1 saturated heterocycles. The second-order valence-electron chi connectivity index (χ2n) is 31.1. The van der Waals surface area contributed by atoms with Crippen molar-refractivity contribution >= 4 is 83.5 Å². The first kappa shape index (κ1) is 87.5. The molecular formula is C98H116N18O7. The van der Waals surface area contributed by atoms with E-state index < -0.39 is 0 Å². The van der Waals surface area contributed by atoms with Crippen LogP contribution >= 0.6 is 0 Å². The van der Waals surface area contributed by atoms with Crippen LogP contribution in [0.2, 0.25) is 0 Å². The summed E-state index contributed by atoms with van der Waals surface area (Å²) in [4.78, 5) is 19.7. The normalized spacial score (nSPS) is 12.2. The van der Waals surface area contributed by atoms with Crippen molar-refractivity contribution in [2.75, 3.05) is 94.2 Å². The summed E-state index contributed by atoms with van der Waals surface area (Å²) in [5, 5.41) is 57.8. The van der Waals surface area contributed by atoms with Gasteiger partial charge in [-0.1, -0.05) is 68.8 Å². The lowest BCUT2D eigenvalue weighted by Crippen LogP contribution is -2.46. The van der Waals surface area contributed by atoms with Crippen LogP contribution in [0.1, 0.15) is 133 Å². The zero-order valence-electron chi connectivity index (χ0n) is 75.1. The molecule has 1 aliphatic rings. The average Bonchev–Trinajstić information content (AvgIpc) is 1.59. The number of nitrogens with zero attached hydrogens (tertiary/aromatic N) is 15. The molecule has 3 N–H and O–H groups in total. The maximum atomic E-state index is 11.1. The molecule has 9 aromatic heterocycles. The van der Waals surface area contributed by atoms with Gasteiger partial charge in [0.25, 0.3) is 0 Å². The highest BCUT2D eigenvalue weighted by atomic mass is 16.5. The van der Waals surface area contributed by atoms with Crippen molar-refractivity contribution < 1.29 is 33.2 Å². The van der Waals surface area contributed by atoms with E-state index in [1.807, 2.05) is 141 Å². The maximum Gasteiger partial charge on any atom is 0.209 e. The summed E-state index contributed by atoms with van der Waals surface area (Å²) >= 11 is 0. The van der Waals surface area contributed by atoms with Crippen LogP contribution in [0.4, 0.5) is 23.3 Å². The van der Waals surface area contributed by atoms with E-state index in [2.05, 4.69) is 221 Å². The van der Waals surface area contributed by atoms with Crippen molar-refractivity contribution in [3.8, 4) is 57.2 Å². The fourth-order valence-corrected chi connectivity index (χ4v) is 17.1. The lowest BCUT2D eigenvalue weighted by molar-refractivity contribution is -0.118. The number of aryl methyl sites for hydroxylation is 13. The minimum absolute atomic E-state index is 0.595. The number of piperazine rings is 1. The number of aromatic nitrogens is 13. The Bertz CT molecular complexity index is 6270. The third kappa shape index (κ3) is 18.2. The Morgan fingerprint density at radius 1 is 0.398 bits per heavy atom. The van der Waals surface area contributed by atoms with E-state index in [1.54, 1.807) is 19.1 Å². The van der Waals surface area contributed by atoms with Crippen LogP contribution in [0, 0.1) is 95.9 Å². The summed E-state index contributed by atoms with van der Waals surface area (Å²) in [7, 11) is 3.36. The summed E-state index contributed by atoms with van der Waals surface area (Å²) < 4.78 is 42.9. The molecule has 123 heavy (non-hydrogen) atoms. The summed E-state index contributed by atoms with van der Waals surface area (Å²) in [6.45, 7) is 47.0. The lowest BCUT2D eigenvalue weighted by Gasteiger charge is -2.33. The Hall–Kier alpha value is -13.3. The SMILES string of the molecule is CCOc1ccc(-n2c(C)c3c(C)nnc(N4CCN(C=O)CC4)c3c2C)c(OC)c1.CCOc1ccc(-n2c(C)c3c(C)nnc(NCC(C)CC)c3c2C)cc1.CCOc1ccc(-n2c(C)c3c(C)nnc(NCc4cccc(C)n4)c3c2C)cc1.CCOc1ccc(-n2c(C)c3c(C)nnc(NCc4cccc5ccccc45)c3c2C)c(OC)c1. The van der Waals surface area contributed by atoms with E-state index in [-0.39, 0.29) is 0 Å². The predicted molar refractivity (Wildman–Crippen MR) is 495 cm³/mol. The average molecular weight is 1660 g/mol. The molecule has 0 bridgehead atoms. The third-order valence-electron chi connectivity index (χ3n) is 23.2. The lowest BCUT2D eigenvalue weighted by atomic mass is 10.0. The van der Waals surface area contributed by atoms with Crippen LogP contribution in [0.15, 0.2) is 146 Å². The molecule has 25 nitrogen and oxygen atoms in total.